The van der Waals surface area contributed by atoms with Gasteiger partial charge in [-0.3, -0.25) is 0 Å². The van der Waals surface area contributed by atoms with Crippen LogP contribution in [0.2, 0.25) is 0 Å². The zero-order valence-corrected chi connectivity index (χ0v) is 21.1. The van der Waals surface area contributed by atoms with E-state index in [4.69, 9.17) is 9.47 Å². The van der Waals surface area contributed by atoms with Crippen molar-refractivity contribution in [2.24, 2.45) is 0 Å². The van der Waals surface area contributed by atoms with E-state index in [1.54, 1.807) is 6.07 Å². The minimum absolute atomic E-state index is 0.00188. The Kier molecular flexibility index (Phi) is 6.41. The summed E-state index contributed by atoms with van der Waals surface area (Å²) in [5.41, 5.74) is 2.94. The molecule has 0 N–H and O–H groups in total. The number of benzene rings is 3. The van der Waals surface area contributed by atoms with Crippen molar-refractivity contribution in [1.29, 1.82) is 0 Å². The molecule has 1 aliphatic heterocycles. The molecule has 3 aromatic carbocycles. The van der Waals surface area contributed by atoms with Crippen molar-refractivity contribution >= 4 is 43.0 Å². The smallest absolute Gasteiger partial charge is 0.343 e. The Balaban J connectivity index is 1.47. The zero-order chi connectivity index (χ0) is 24.6. The summed E-state index contributed by atoms with van der Waals surface area (Å²) >= 11 is 3.31. The van der Waals surface area contributed by atoms with Crippen molar-refractivity contribution in [1.82, 2.24) is 19.3 Å². The first-order valence-electron chi connectivity index (χ1n) is 10.9. The number of hydrogen-bond donors (Lipinski definition) is 0. The maximum atomic E-state index is 13.2. The van der Waals surface area contributed by atoms with Crippen LogP contribution in [-0.2, 0) is 14.8 Å². The number of rotatable bonds is 5. The Morgan fingerprint density at radius 1 is 1.00 bits per heavy atom. The van der Waals surface area contributed by atoms with E-state index < -0.39 is 16.0 Å². The van der Waals surface area contributed by atoms with Crippen LogP contribution in [0.4, 0.5) is 0 Å². The average molecular weight is 557 g/mol. The fraction of sp³-hybridized carbons (Fsp3) is 0.208. The number of aryl methyl sites for hydroxylation is 1. The van der Waals surface area contributed by atoms with Crippen molar-refractivity contribution < 1.29 is 22.7 Å². The predicted octanol–water partition coefficient (Wildman–Crippen LogP) is 3.73. The molecule has 180 valence electrons. The number of nitrogens with zero attached hydrogens (tertiary/aromatic N) is 4. The van der Waals surface area contributed by atoms with Crippen LogP contribution in [0.25, 0.3) is 16.7 Å². The summed E-state index contributed by atoms with van der Waals surface area (Å²) in [6, 6.07) is 17.1. The molecule has 0 unspecified atom stereocenters. The second kappa shape index (κ2) is 9.50. The molecule has 5 rings (SSSR count). The number of carbonyl (C=O) groups is 1. The van der Waals surface area contributed by atoms with Crippen LogP contribution in [0.1, 0.15) is 15.9 Å². The van der Waals surface area contributed by atoms with Crippen molar-refractivity contribution in [3.8, 4) is 11.4 Å². The first-order valence-corrected chi connectivity index (χ1v) is 13.1. The molecule has 2 heterocycles. The summed E-state index contributed by atoms with van der Waals surface area (Å²) in [6.45, 7) is 3.06. The highest BCUT2D eigenvalue weighted by Gasteiger charge is 2.29. The predicted molar refractivity (Wildman–Crippen MR) is 132 cm³/mol. The van der Waals surface area contributed by atoms with E-state index in [1.165, 1.54) is 27.3 Å². The third kappa shape index (κ3) is 4.72. The SMILES string of the molecule is Cc1ccc(OC(=O)c2ccc(Br)c(S(=O)(=O)N3CCOCC3)c2)c(-n2nc3ccccc3n2)c1. The van der Waals surface area contributed by atoms with Crippen molar-refractivity contribution in [3.05, 3.63) is 76.3 Å². The molecule has 0 spiro atoms. The Labute approximate surface area is 210 Å². The molecule has 1 saturated heterocycles. The van der Waals surface area contributed by atoms with Crippen LogP contribution in [0.5, 0.6) is 5.75 Å². The van der Waals surface area contributed by atoms with Crippen molar-refractivity contribution in [3.63, 3.8) is 0 Å². The second-order valence-electron chi connectivity index (χ2n) is 8.00. The number of ether oxygens (including phenoxy) is 2. The Morgan fingerprint density at radius 2 is 1.69 bits per heavy atom. The van der Waals surface area contributed by atoms with E-state index in [-0.39, 0.29) is 29.3 Å². The van der Waals surface area contributed by atoms with Gasteiger partial charge in [0.25, 0.3) is 0 Å². The summed E-state index contributed by atoms with van der Waals surface area (Å²) in [6.07, 6.45) is 0. The van der Waals surface area contributed by atoms with E-state index in [0.29, 0.717) is 34.4 Å². The fourth-order valence-corrected chi connectivity index (χ4v) is 6.11. The Morgan fingerprint density at radius 3 is 2.37 bits per heavy atom. The Hall–Kier alpha value is -3.12. The molecule has 35 heavy (non-hydrogen) atoms. The number of carbonyl (C=O) groups excluding carboxylic acids is 1. The topological polar surface area (TPSA) is 104 Å². The monoisotopic (exact) mass is 556 g/mol. The van der Waals surface area contributed by atoms with Gasteiger partial charge in [0.15, 0.2) is 5.75 Å². The van der Waals surface area contributed by atoms with Crippen LogP contribution in [0.3, 0.4) is 0 Å². The molecule has 9 nitrogen and oxygen atoms in total. The van der Waals surface area contributed by atoms with Gasteiger partial charge < -0.3 is 9.47 Å². The van der Waals surface area contributed by atoms with E-state index in [2.05, 4.69) is 26.1 Å². The largest absolute Gasteiger partial charge is 0.421 e. The van der Waals surface area contributed by atoms with Crippen LogP contribution in [0, 0.1) is 6.92 Å². The number of hydrogen-bond acceptors (Lipinski definition) is 7. The minimum atomic E-state index is -3.82. The van der Waals surface area contributed by atoms with E-state index >= 15 is 0 Å². The van der Waals surface area contributed by atoms with Crippen LogP contribution in [-0.4, -0.2) is 60.0 Å². The third-order valence-corrected chi connectivity index (χ3v) is 8.47. The van der Waals surface area contributed by atoms with Gasteiger partial charge >= 0.3 is 5.97 Å². The van der Waals surface area contributed by atoms with Gasteiger partial charge in [0, 0.05) is 17.6 Å². The van der Waals surface area contributed by atoms with Gasteiger partial charge in [-0.05, 0) is 70.9 Å². The van der Waals surface area contributed by atoms with Gasteiger partial charge in [-0.2, -0.15) is 4.31 Å². The molecule has 1 aromatic heterocycles. The first kappa shape index (κ1) is 23.6. The summed E-state index contributed by atoms with van der Waals surface area (Å²) in [7, 11) is -3.82. The average Bonchev–Trinajstić information content (AvgIpc) is 3.30. The third-order valence-electron chi connectivity index (χ3n) is 5.57. The maximum absolute atomic E-state index is 13.2. The number of sulfonamides is 1. The first-order chi connectivity index (χ1) is 16.8. The summed E-state index contributed by atoms with van der Waals surface area (Å²) in [5, 5.41) is 8.98. The second-order valence-corrected chi connectivity index (χ2v) is 10.8. The number of aromatic nitrogens is 3. The lowest BCUT2D eigenvalue weighted by Crippen LogP contribution is -2.40. The molecule has 0 bridgehead atoms. The number of morpholine rings is 1. The molecule has 4 aromatic rings. The molecule has 0 saturated carbocycles. The normalized spacial score (nSPS) is 14.8. The number of halogens is 1. The van der Waals surface area contributed by atoms with Gasteiger partial charge in [0.05, 0.1) is 23.7 Å². The zero-order valence-electron chi connectivity index (χ0n) is 18.7. The number of esters is 1. The van der Waals surface area contributed by atoms with Crippen molar-refractivity contribution in [2.45, 2.75) is 11.8 Å². The molecule has 0 aliphatic carbocycles. The quantitative estimate of drug-likeness (QED) is 0.272. The summed E-state index contributed by atoms with van der Waals surface area (Å²) in [5.74, 6) is -0.445. The lowest BCUT2D eigenvalue weighted by Gasteiger charge is -2.26. The van der Waals surface area contributed by atoms with Gasteiger partial charge in [0.1, 0.15) is 16.7 Å². The molecule has 0 atom stereocenters. The molecule has 1 fully saturated rings. The molecule has 11 heteroatoms. The molecule has 0 amide bonds. The van der Waals surface area contributed by atoms with Gasteiger partial charge in [-0.15, -0.1) is 15.0 Å². The highest BCUT2D eigenvalue weighted by molar-refractivity contribution is 9.10. The Bertz CT molecular complexity index is 1500. The number of fused-ring (bicyclic) bond motifs is 1. The van der Waals surface area contributed by atoms with Gasteiger partial charge in [-0.1, -0.05) is 18.2 Å². The lowest BCUT2D eigenvalue weighted by molar-refractivity contribution is 0.0726. The van der Waals surface area contributed by atoms with E-state index in [1.807, 2.05) is 43.3 Å². The molecular formula is C24H21BrN4O5S. The maximum Gasteiger partial charge on any atom is 0.343 e. The van der Waals surface area contributed by atoms with Gasteiger partial charge in [0.2, 0.25) is 10.0 Å². The van der Waals surface area contributed by atoms with Crippen LogP contribution in [0.15, 0.2) is 70.0 Å². The fourth-order valence-electron chi connectivity index (χ4n) is 3.75. The van der Waals surface area contributed by atoms with E-state index in [9.17, 15) is 13.2 Å². The molecule has 0 radical (unpaired) electrons. The van der Waals surface area contributed by atoms with Crippen LogP contribution >= 0.6 is 15.9 Å². The van der Waals surface area contributed by atoms with E-state index in [0.717, 1.165) is 5.56 Å². The summed E-state index contributed by atoms with van der Waals surface area (Å²) < 4.78 is 39.0. The summed E-state index contributed by atoms with van der Waals surface area (Å²) in [4.78, 5) is 14.5. The minimum Gasteiger partial charge on any atom is -0.421 e. The molecule has 1 aliphatic rings. The molecular weight excluding hydrogens is 536 g/mol. The van der Waals surface area contributed by atoms with Gasteiger partial charge in [-0.25, -0.2) is 13.2 Å². The highest BCUT2D eigenvalue weighted by Crippen LogP contribution is 2.29. The van der Waals surface area contributed by atoms with Crippen molar-refractivity contribution in [2.75, 3.05) is 26.3 Å². The lowest BCUT2D eigenvalue weighted by atomic mass is 10.2. The highest BCUT2D eigenvalue weighted by atomic mass is 79.9. The van der Waals surface area contributed by atoms with Crippen LogP contribution < -0.4 is 4.74 Å². The standard InChI is InChI=1S/C24H21BrN4O5S/c1-16-6-9-22(21(14-16)29-26-19-4-2-3-5-20(19)27-29)34-24(30)17-7-8-18(25)23(15-17)35(31,32)28-10-12-33-13-11-28/h2-9,14-15H,10-13H2,1H3.